The Morgan fingerprint density at radius 1 is 1.03 bits per heavy atom. The molecule has 156 valence electrons. The third kappa shape index (κ3) is 3.34. The lowest BCUT2D eigenvalue weighted by Gasteiger charge is -2.18. The molecule has 3 aromatic heterocycles. The Kier molecular flexibility index (Phi) is 4.88. The van der Waals surface area contributed by atoms with Crippen molar-refractivity contribution in [2.45, 2.75) is 33.9 Å². The van der Waals surface area contributed by atoms with E-state index in [2.05, 4.69) is 46.4 Å². The fourth-order valence-electron chi connectivity index (χ4n) is 3.79. The molecule has 5 rings (SSSR count). The number of fused-ring (bicyclic) bond motifs is 3. The van der Waals surface area contributed by atoms with Gasteiger partial charge >= 0.3 is 0 Å². The van der Waals surface area contributed by atoms with Gasteiger partial charge in [0.2, 0.25) is 0 Å². The highest BCUT2D eigenvalue weighted by Gasteiger charge is 2.30. The van der Waals surface area contributed by atoms with Crippen molar-refractivity contribution >= 4 is 23.0 Å². The first kappa shape index (κ1) is 19.6. The Labute approximate surface area is 184 Å². The maximum atomic E-state index is 9.96. The van der Waals surface area contributed by atoms with Crippen LogP contribution in [0.1, 0.15) is 38.5 Å². The fourth-order valence-corrected chi connectivity index (χ4v) is 5.00. The standard InChI is InChI=1S/C23H22N6OS/c1-14-6-8-18(9-7-14)21-20-15(2)19(13-30)31-22(20)29-16(3)25-26-23(29)28(27-21)12-17-5-4-10-24-11-17/h4-11,30H,12-13H2,1-3H3. The van der Waals surface area contributed by atoms with Crippen LogP contribution in [0.4, 0.5) is 5.95 Å². The maximum Gasteiger partial charge on any atom is 0.253 e. The van der Waals surface area contributed by atoms with Crippen molar-refractivity contribution in [1.29, 1.82) is 0 Å². The van der Waals surface area contributed by atoms with E-state index in [1.54, 1.807) is 17.5 Å². The van der Waals surface area contributed by atoms with Gasteiger partial charge < -0.3 is 5.11 Å². The number of aryl methyl sites for hydroxylation is 2. The number of nitrogens with zero attached hydrogens (tertiary/aromatic N) is 6. The summed E-state index contributed by atoms with van der Waals surface area (Å²) < 4.78 is 2.03. The lowest BCUT2D eigenvalue weighted by atomic mass is 9.99. The molecule has 0 atom stereocenters. The number of aliphatic hydroxyl groups excluding tert-OH is 1. The molecule has 0 saturated carbocycles. The first-order chi connectivity index (χ1) is 15.1. The molecule has 1 N–H and O–H groups in total. The van der Waals surface area contributed by atoms with Crippen molar-refractivity contribution in [3.8, 4) is 5.00 Å². The van der Waals surface area contributed by atoms with Gasteiger partial charge in [0.05, 0.1) is 13.2 Å². The molecule has 31 heavy (non-hydrogen) atoms. The van der Waals surface area contributed by atoms with E-state index in [-0.39, 0.29) is 6.61 Å². The average Bonchev–Trinajstić information content (AvgIpc) is 3.27. The highest BCUT2D eigenvalue weighted by Crippen LogP contribution is 2.39. The number of benzene rings is 1. The largest absolute Gasteiger partial charge is 0.391 e. The van der Waals surface area contributed by atoms with Crippen LogP contribution in [0.15, 0.2) is 53.9 Å². The lowest BCUT2D eigenvalue weighted by molar-refractivity contribution is 0.285. The number of rotatable bonds is 4. The van der Waals surface area contributed by atoms with Crippen molar-refractivity contribution in [3.05, 3.63) is 87.3 Å². The molecule has 0 amide bonds. The summed E-state index contributed by atoms with van der Waals surface area (Å²) in [5, 5.41) is 26.7. The number of anilines is 1. The quantitative estimate of drug-likeness (QED) is 0.531. The Hall–Kier alpha value is -3.36. The van der Waals surface area contributed by atoms with Gasteiger partial charge in [-0.2, -0.15) is 5.10 Å². The Balaban J connectivity index is 1.77. The summed E-state index contributed by atoms with van der Waals surface area (Å²) in [7, 11) is 0. The van der Waals surface area contributed by atoms with E-state index >= 15 is 0 Å². The molecule has 8 heteroatoms. The zero-order valence-electron chi connectivity index (χ0n) is 17.6. The number of hydrogen-bond acceptors (Lipinski definition) is 7. The lowest BCUT2D eigenvalue weighted by Crippen LogP contribution is -2.20. The fraction of sp³-hybridized carbons (Fsp3) is 0.217. The Bertz CT molecular complexity index is 1270. The normalized spacial score (nSPS) is 12.9. The molecule has 1 aliphatic rings. The molecule has 0 radical (unpaired) electrons. The van der Waals surface area contributed by atoms with Crippen molar-refractivity contribution in [2.75, 3.05) is 5.01 Å². The van der Waals surface area contributed by atoms with Crippen LogP contribution in [-0.4, -0.2) is 30.6 Å². The van der Waals surface area contributed by atoms with Crippen LogP contribution in [-0.2, 0) is 13.2 Å². The van der Waals surface area contributed by atoms with Crippen LogP contribution >= 0.6 is 11.3 Å². The highest BCUT2D eigenvalue weighted by atomic mass is 32.1. The van der Waals surface area contributed by atoms with Gasteiger partial charge in [-0.05, 0) is 38.0 Å². The van der Waals surface area contributed by atoms with Gasteiger partial charge in [0.1, 0.15) is 16.5 Å². The minimum atomic E-state index is -0.0133. The zero-order chi connectivity index (χ0) is 21.5. The first-order valence-corrected chi connectivity index (χ1v) is 10.9. The van der Waals surface area contributed by atoms with E-state index in [9.17, 15) is 5.11 Å². The summed E-state index contributed by atoms with van der Waals surface area (Å²) in [6.45, 7) is 6.56. The van der Waals surface area contributed by atoms with E-state index < -0.39 is 0 Å². The Morgan fingerprint density at radius 2 is 1.84 bits per heavy atom. The molecule has 1 aliphatic heterocycles. The van der Waals surface area contributed by atoms with Crippen LogP contribution in [0, 0.1) is 20.8 Å². The predicted molar refractivity (Wildman–Crippen MR) is 122 cm³/mol. The van der Waals surface area contributed by atoms with E-state index in [4.69, 9.17) is 5.10 Å². The molecule has 7 nitrogen and oxygen atoms in total. The molecule has 0 bridgehead atoms. The summed E-state index contributed by atoms with van der Waals surface area (Å²) in [6.07, 6.45) is 3.60. The predicted octanol–water partition coefficient (Wildman–Crippen LogP) is 3.91. The Morgan fingerprint density at radius 3 is 2.55 bits per heavy atom. The van der Waals surface area contributed by atoms with Gasteiger partial charge in [-0.3, -0.25) is 9.55 Å². The second kappa shape index (κ2) is 7.72. The summed E-state index contributed by atoms with van der Waals surface area (Å²) in [4.78, 5) is 5.17. The van der Waals surface area contributed by atoms with Gasteiger partial charge in [-0.1, -0.05) is 35.9 Å². The highest BCUT2D eigenvalue weighted by molar-refractivity contribution is 7.15. The molecule has 0 unspecified atom stereocenters. The van der Waals surface area contributed by atoms with Crippen LogP contribution in [0.5, 0.6) is 0 Å². The van der Waals surface area contributed by atoms with Gasteiger partial charge in [-0.25, -0.2) is 5.01 Å². The molecule has 0 saturated heterocycles. The van der Waals surface area contributed by atoms with Crippen LogP contribution in [0.3, 0.4) is 0 Å². The third-order valence-electron chi connectivity index (χ3n) is 5.45. The van der Waals surface area contributed by atoms with E-state index in [1.165, 1.54) is 5.56 Å². The van der Waals surface area contributed by atoms with Crippen molar-refractivity contribution in [3.63, 3.8) is 0 Å². The van der Waals surface area contributed by atoms with E-state index in [1.807, 2.05) is 41.8 Å². The monoisotopic (exact) mass is 430 g/mol. The molecule has 0 spiro atoms. The number of hydrazone groups is 1. The zero-order valence-corrected chi connectivity index (χ0v) is 18.4. The third-order valence-corrected chi connectivity index (χ3v) is 6.71. The van der Waals surface area contributed by atoms with Crippen molar-refractivity contribution in [1.82, 2.24) is 19.7 Å². The van der Waals surface area contributed by atoms with Crippen LogP contribution in [0.25, 0.3) is 5.00 Å². The molecule has 0 fully saturated rings. The summed E-state index contributed by atoms with van der Waals surface area (Å²) in [5.74, 6) is 1.42. The average molecular weight is 431 g/mol. The van der Waals surface area contributed by atoms with Gasteiger partial charge in [0.25, 0.3) is 5.95 Å². The van der Waals surface area contributed by atoms with E-state index in [0.717, 1.165) is 43.7 Å². The van der Waals surface area contributed by atoms with Gasteiger partial charge in [0.15, 0.2) is 0 Å². The number of aliphatic hydroxyl groups is 1. The number of thiophene rings is 1. The maximum absolute atomic E-state index is 9.96. The van der Waals surface area contributed by atoms with Crippen LogP contribution < -0.4 is 5.01 Å². The topological polar surface area (TPSA) is 79.4 Å². The van der Waals surface area contributed by atoms with Crippen molar-refractivity contribution < 1.29 is 5.11 Å². The van der Waals surface area contributed by atoms with E-state index in [0.29, 0.717) is 12.5 Å². The smallest absolute Gasteiger partial charge is 0.253 e. The number of pyridine rings is 1. The summed E-state index contributed by atoms with van der Waals surface area (Å²) >= 11 is 1.56. The number of hydrogen-bond donors (Lipinski definition) is 1. The molecule has 0 aliphatic carbocycles. The molecule has 4 aromatic rings. The summed E-state index contributed by atoms with van der Waals surface area (Å²) in [6, 6.07) is 12.3. The van der Waals surface area contributed by atoms with Crippen molar-refractivity contribution in [2.24, 2.45) is 5.10 Å². The van der Waals surface area contributed by atoms with Gasteiger partial charge in [-0.15, -0.1) is 21.5 Å². The SMILES string of the molecule is Cc1ccc(C2=NN(Cc3cccnc3)c3nnc(C)n3-c3sc(CO)c(C)c32)cc1. The second-order valence-electron chi connectivity index (χ2n) is 7.60. The minimum Gasteiger partial charge on any atom is -0.391 e. The minimum absolute atomic E-state index is 0.0133. The number of aromatic nitrogens is 4. The molecular weight excluding hydrogens is 408 g/mol. The van der Waals surface area contributed by atoms with Gasteiger partial charge in [0, 0.05) is 28.4 Å². The molecule has 1 aromatic carbocycles. The first-order valence-electron chi connectivity index (χ1n) is 10.0. The second-order valence-corrected chi connectivity index (χ2v) is 8.69. The summed E-state index contributed by atoms with van der Waals surface area (Å²) in [5.41, 5.74) is 6.14. The van der Waals surface area contributed by atoms with Crippen LogP contribution in [0.2, 0.25) is 0 Å². The molecule has 4 heterocycles. The molecular formula is C23H22N6OS.